The first-order valence-corrected chi connectivity index (χ1v) is 7.30. The van der Waals surface area contributed by atoms with Gasteiger partial charge in [0.1, 0.15) is 4.83 Å². The Labute approximate surface area is 115 Å². The zero-order valence-electron chi connectivity index (χ0n) is 10.4. The van der Waals surface area contributed by atoms with E-state index in [0.717, 1.165) is 6.42 Å². The van der Waals surface area contributed by atoms with Gasteiger partial charge in [-0.2, -0.15) is 0 Å². The van der Waals surface area contributed by atoms with E-state index < -0.39 is 0 Å². The van der Waals surface area contributed by atoms with Crippen LogP contribution in [0.4, 0.5) is 0 Å². The fourth-order valence-corrected chi connectivity index (χ4v) is 3.58. The van der Waals surface area contributed by atoms with E-state index in [1.165, 1.54) is 27.0 Å². The summed E-state index contributed by atoms with van der Waals surface area (Å²) in [6, 6.07) is 21.5. The molecule has 0 saturated carbocycles. The molecule has 4 aromatic rings. The molecule has 0 saturated heterocycles. The molecule has 0 atom stereocenters. The third kappa shape index (κ3) is 1.76. The van der Waals surface area contributed by atoms with Crippen molar-refractivity contribution in [2.24, 2.45) is 0 Å². The van der Waals surface area contributed by atoms with Crippen molar-refractivity contribution in [3.63, 3.8) is 0 Å². The molecular weight excluding hydrogens is 250 g/mol. The van der Waals surface area contributed by atoms with Crippen LogP contribution in [0.3, 0.4) is 0 Å². The lowest BCUT2D eigenvalue weighted by Crippen LogP contribution is -1.92. The van der Waals surface area contributed by atoms with Crippen LogP contribution in [0, 0.1) is 0 Å². The van der Waals surface area contributed by atoms with Gasteiger partial charge in [-0.25, -0.2) is 0 Å². The van der Waals surface area contributed by atoms with Crippen molar-refractivity contribution in [3.8, 4) is 0 Å². The molecule has 0 radical (unpaired) electrons. The van der Waals surface area contributed by atoms with E-state index in [1.54, 1.807) is 0 Å². The van der Waals surface area contributed by atoms with Gasteiger partial charge in [0.2, 0.25) is 0 Å². The maximum Gasteiger partial charge on any atom is 0.100 e. The molecule has 0 N–H and O–H groups in total. The van der Waals surface area contributed by atoms with Crippen LogP contribution in [0.25, 0.3) is 15.7 Å². The summed E-state index contributed by atoms with van der Waals surface area (Å²) in [6.07, 6.45) is 0.986. The topological polar surface area (TPSA) is 4.41 Å². The average Bonchev–Trinajstić information content (AvgIpc) is 3.00. The van der Waals surface area contributed by atoms with Crippen LogP contribution in [-0.2, 0) is 6.42 Å². The molecule has 2 aromatic heterocycles. The highest BCUT2D eigenvalue weighted by Crippen LogP contribution is 2.27. The molecule has 1 nitrogen and oxygen atoms in total. The van der Waals surface area contributed by atoms with Gasteiger partial charge < -0.3 is 4.40 Å². The molecule has 0 aliphatic rings. The number of rotatable bonds is 2. The van der Waals surface area contributed by atoms with Crippen molar-refractivity contribution in [2.75, 3.05) is 0 Å². The second kappa shape index (κ2) is 4.25. The van der Waals surface area contributed by atoms with E-state index in [2.05, 4.69) is 70.4 Å². The molecule has 2 heteroatoms. The number of nitrogens with zero attached hydrogens (tertiary/aromatic N) is 1. The van der Waals surface area contributed by atoms with Crippen LogP contribution in [0.2, 0.25) is 0 Å². The third-order valence-corrected chi connectivity index (χ3v) is 4.44. The summed E-state index contributed by atoms with van der Waals surface area (Å²) in [5.74, 6) is 0. The van der Waals surface area contributed by atoms with Gasteiger partial charge in [-0.15, -0.1) is 11.3 Å². The van der Waals surface area contributed by atoms with E-state index in [1.807, 2.05) is 11.3 Å². The Morgan fingerprint density at radius 2 is 1.68 bits per heavy atom. The number of hydrogen-bond donors (Lipinski definition) is 0. The molecule has 0 fully saturated rings. The molecule has 0 aliphatic heterocycles. The van der Waals surface area contributed by atoms with Gasteiger partial charge in [0.25, 0.3) is 0 Å². The van der Waals surface area contributed by atoms with Crippen molar-refractivity contribution >= 4 is 27.1 Å². The molecule has 2 heterocycles. The van der Waals surface area contributed by atoms with Crippen LogP contribution >= 0.6 is 11.3 Å². The number of benzene rings is 2. The van der Waals surface area contributed by atoms with Crippen molar-refractivity contribution in [1.29, 1.82) is 0 Å². The van der Waals surface area contributed by atoms with E-state index in [9.17, 15) is 0 Å². The van der Waals surface area contributed by atoms with Crippen LogP contribution in [0.1, 0.15) is 11.3 Å². The predicted molar refractivity (Wildman–Crippen MR) is 82.0 cm³/mol. The second-order valence-corrected chi connectivity index (χ2v) is 5.66. The summed E-state index contributed by atoms with van der Waals surface area (Å²) in [6.45, 7) is 0. The van der Waals surface area contributed by atoms with Crippen LogP contribution in [-0.4, -0.2) is 4.40 Å². The SMILES string of the molecule is c1ccc(Cc2csc3cc4ccccc4n23)cc1. The van der Waals surface area contributed by atoms with Gasteiger partial charge in [0.05, 0.1) is 5.52 Å². The minimum atomic E-state index is 0.986. The fraction of sp³-hybridized carbons (Fsp3) is 0.0588. The van der Waals surface area contributed by atoms with Crippen molar-refractivity contribution in [3.05, 3.63) is 77.3 Å². The first-order chi connectivity index (χ1) is 9.42. The number of hydrogen-bond acceptors (Lipinski definition) is 1. The number of thiazole rings is 1. The summed E-state index contributed by atoms with van der Waals surface area (Å²) in [5.41, 5.74) is 4.04. The van der Waals surface area contributed by atoms with Crippen molar-refractivity contribution < 1.29 is 0 Å². The second-order valence-electron chi connectivity index (χ2n) is 4.77. The quantitative estimate of drug-likeness (QED) is 0.492. The Bertz CT molecular complexity index is 839. The van der Waals surface area contributed by atoms with E-state index in [4.69, 9.17) is 0 Å². The minimum Gasteiger partial charge on any atom is -0.304 e. The van der Waals surface area contributed by atoms with Gasteiger partial charge in [0.15, 0.2) is 0 Å². The maximum atomic E-state index is 2.38. The van der Waals surface area contributed by atoms with E-state index in [0.29, 0.717) is 0 Å². The van der Waals surface area contributed by atoms with Crippen LogP contribution in [0.5, 0.6) is 0 Å². The Balaban J connectivity index is 1.90. The summed E-state index contributed by atoms with van der Waals surface area (Å²) in [7, 11) is 0. The normalized spacial score (nSPS) is 11.4. The Morgan fingerprint density at radius 3 is 2.58 bits per heavy atom. The van der Waals surface area contributed by atoms with Gasteiger partial charge in [-0.05, 0) is 17.7 Å². The standard InChI is InChI=1S/C17H13NS/c1-2-6-13(7-3-1)10-15-12-19-17-11-14-8-4-5-9-16(14)18(15)17/h1-9,11-12H,10H2. The highest BCUT2D eigenvalue weighted by atomic mass is 32.1. The number of fused-ring (bicyclic) bond motifs is 3. The van der Waals surface area contributed by atoms with E-state index >= 15 is 0 Å². The maximum absolute atomic E-state index is 2.38. The molecule has 4 rings (SSSR count). The lowest BCUT2D eigenvalue weighted by Gasteiger charge is -2.02. The summed E-state index contributed by atoms with van der Waals surface area (Å²) in [5, 5.41) is 3.60. The molecule has 0 unspecified atom stereocenters. The highest BCUT2D eigenvalue weighted by Gasteiger charge is 2.08. The van der Waals surface area contributed by atoms with Crippen molar-refractivity contribution in [1.82, 2.24) is 4.40 Å². The largest absolute Gasteiger partial charge is 0.304 e. The molecule has 2 aromatic carbocycles. The Morgan fingerprint density at radius 1 is 0.895 bits per heavy atom. The fourth-order valence-electron chi connectivity index (χ4n) is 2.62. The van der Waals surface area contributed by atoms with Gasteiger partial charge in [0, 0.05) is 22.9 Å². The first kappa shape index (κ1) is 10.8. The smallest absolute Gasteiger partial charge is 0.100 e. The minimum absolute atomic E-state index is 0.986. The average molecular weight is 263 g/mol. The van der Waals surface area contributed by atoms with Gasteiger partial charge in [-0.1, -0.05) is 48.5 Å². The third-order valence-electron chi connectivity index (χ3n) is 3.51. The molecule has 0 bridgehead atoms. The predicted octanol–water partition coefficient (Wildman–Crippen LogP) is 4.74. The summed E-state index contributed by atoms with van der Waals surface area (Å²) < 4.78 is 2.38. The van der Waals surface area contributed by atoms with Gasteiger partial charge >= 0.3 is 0 Å². The lowest BCUT2D eigenvalue weighted by atomic mass is 10.1. The monoisotopic (exact) mass is 263 g/mol. The Kier molecular flexibility index (Phi) is 2.42. The molecule has 92 valence electrons. The van der Waals surface area contributed by atoms with E-state index in [-0.39, 0.29) is 0 Å². The molecule has 19 heavy (non-hydrogen) atoms. The summed E-state index contributed by atoms with van der Waals surface area (Å²) in [4.78, 5) is 1.33. The number of para-hydroxylation sites is 1. The Hall–Kier alpha value is -2.06. The van der Waals surface area contributed by atoms with Crippen LogP contribution < -0.4 is 0 Å². The molecular formula is C17H13NS. The lowest BCUT2D eigenvalue weighted by molar-refractivity contribution is 1.06. The summed E-state index contributed by atoms with van der Waals surface area (Å²) >= 11 is 1.82. The molecule has 0 amide bonds. The number of aromatic nitrogens is 1. The molecule has 0 spiro atoms. The molecule has 0 aliphatic carbocycles. The highest BCUT2D eigenvalue weighted by molar-refractivity contribution is 7.15. The van der Waals surface area contributed by atoms with Crippen LogP contribution in [0.15, 0.2) is 66.0 Å². The first-order valence-electron chi connectivity index (χ1n) is 6.42. The zero-order valence-corrected chi connectivity index (χ0v) is 11.2. The van der Waals surface area contributed by atoms with Gasteiger partial charge in [-0.3, -0.25) is 0 Å². The van der Waals surface area contributed by atoms with Crippen molar-refractivity contribution in [2.45, 2.75) is 6.42 Å². The zero-order chi connectivity index (χ0) is 12.7.